The van der Waals surface area contributed by atoms with Gasteiger partial charge < -0.3 is 4.90 Å². The van der Waals surface area contributed by atoms with Gasteiger partial charge in [-0.2, -0.15) is 5.26 Å². The SMILES string of the molecule is CN(Cc1cc(C#N)ccc1F)C(=O)c1cccc(Br)n1. The summed E-state index contributed by atoms with van der Waals surface area (Å²) in [5.41, 5.74) is 0.913. The summed E-state index contributed by atoms with van der Waals surface area (Å²) >= 11 is 3.20. The van der Waals surface area contributed by atoms with E-state index in [9.17, 15) is 9.18 Å². The molecule has 21 heavy (non-hydrogen) atoms. The van der Waals surface area contributed by atoms with Gasteiger partial charge in [-0.05, 0) is 46.3 Å². The molecule has 4 nitrogen and oxygen atoms in total. The van der Waals surface area contributed by atoms with Crippen molar-refractivity contribution >= 4 is 21.8 Å². The molecule has 0 atom stereocenters. The number of carbonyl (C=O) groups excluding carboxylic acids is 1. The first-order valence-electron chi connectivity index (χ1n) is 6.08. The van der Waals surface area contributed by atoms with E-state index in [0.717, 1.165) is 0 Å². The lowest BCUT2D eigenvalue weighted by Crippen LogP contribution is -2.27. The van der Waals surface area contributed by atoms with Gasteiger partial charge in [-0.15, -0.1) is 0 Å². The van der Waals surface area contributed by atoms with Gasteiger partial charge in [0.1, 0.15) is 16.1 Å². The lowest BCUT2D eigenvalue weighted by molar-refractivity contribution is 0.0778. The molecule has 0 saturated carbocycles. The van der Waals surface area contributed by atoms with Crippen molar-refractivity contribution in [1.82, 2.24) is 9.88 Å². The van der Waals surface area contributed by atoms with E-state index in [4.69, 9.17) is 5.26 Å². The van der Waals surface area contributed by atoms with Gasteiger partial charge in [-0.25, -0.2) is 9.37 Å². The summed E-state index contributed by atoms with van der Waals surface area (Å²) in [6.07, 6.45) is 0. The van der Waals surface area contributed by atoms with Gasteiger partial charge in [-0.3, -0.25) is 4.79 Å². The smallest absolute Gasteiger partial charge is 0.272 e. The molecule has 0 aliphatic heterocycles. The van der Waals surface area contributed by atoms with Crippen LogP contribution in [0.3, 0.4) is 0 Å². The molecule has 6 heteroatoms. The summed E-state index contributed by atoms with van der Waals surface area (Å²) in [5.74, 6) is -0.770. The minimum atomic E-state index is -0.448. The van der Waals surface area contributed by atoms with Crippen LogP contribution in [0.25, 0.3) is 0 Å². The Morgan fingerprint density at radius 3 is 2.86 bits per heavy atom. The average molecular weight is 348 g/mol. The van der Waals surface area contributed by atoms with Gasteiger partial charge >= 0.3 is 0 Å². The molecule has 0 N–H and O–H groups in total. The number of nitriles is 1. The third-order valence-electron chi connectivity index (χ3n) is 2.86. The fraction of sp³-hybridized carbons (Fsp3) is 0.133. The van der Waals surface area contributed by atoms with E-state index in [1.54, 1.807) is 25.2 Å². The summed E-state index contributed by atoms with van der Waals surface area (Å²) in [6.45, 7) is 0.0639. The van der Waals surface area contributed by atoms with Crippen LogP contribution in [0.2, 0.25) is 0 Å². The lowest BCUT2D eigenvalue weighted by atomic mass is 10.1. The molecule has 0 saturated heterocycles. The van der Waals surface area contributed by atoms with E-state index in [2.05, 4.69) is 20.9 Å². The van der Waals surface area contributed by atoms with Crippen LogP contribution in [0.15, 0.2) is 41.0 Å². The summed E-state index contributed by atoms with van der Waals surface area (Å²) < 4.78 is 14.3. The Balaban J connectivity index is 2.20. The number of rotatable bonds is 3. The zero-order valence-corrected chi connectivity index (χ0v) is 12.8. The van der Waals surface area contributed by atoms with E-state index in [-0.39, 0.29) is 18.1 Å². The van der Waals surface area contributed by atoms with Crippen molar-refractivity contribution in [3.8, 4) is 6.07 Å². The highest BCUT2D eigenvalue weighted by molar-refractivity contribution is 9.10. The molecule has 1 aromatic carbocycles. The first-order chi connectivity index (χ1) is 10.0. The van der Waals surface area contributed by atoms with Crippen molar-refractivity contribution < 1.29 is 9.18 Å². The maximum atomic E-state index is 13.7. The number of carbonyl (C=O) groups is 1. The standard InChI is InChI=1S/C15H11BrFN3O/c1-20(15(21)13-3-2-4-14(16)19-13)9-11-7-10(8-18)5-6-12(11)17/h2-7H,9H2,1H3. The molecule has 1 heterocycles. The molecule has 0 bridgehead atoms. The Morgan fingerprint density at radius 2 is 2.19 bits per heavy atom. The number of aromatic nitrogens is 1. The van der Waals surface area contributed by atoms with Gasteiger partial charge in [0, 0.05) is 19.2 Å². The van der Waals surface area contributed by atoms with Crippen molar-refractivity contribution in [1.29, 1.82) is 5.26 Å². The molecule has 0 aliphatic rings. The Hall–Kier alpha value is -2.26. The second kappa shape index (κ2) is 6.46. The third-order valence-corrected chi connectivity index (χ3v) is 3.30. The van der Waals surface area contributed by atoms with Gasteiger partial charge in [-0.1, -0.05) is 6.07 Å². The summed E-state index contributed by atoms with van der Waals surface area (Å²) in [5, 5.41) is 8.84. The molecule has 106 valence electrons. The van der Waals surface area contributed by atoms with E-state index in [0.29, 0.717) is 15.7 Å². The normalized spacial score (nSPS) is 10.0. The molecular formula is C15H11BrFN3O. The minimum Gasteiger partial charge on any atom is -0.336 e. The highest BCUT2D eigenvalue weighted by atomic mass is 79.9. The maximum absolute atomic E-state index is 13.7. The molecule has 1 aromatic heterocycles. The monoisotopic (exact) mass is 347 g/mol. The number of hydrogen-bond acceptors (Lipinski definition) is 3. The molecule has 2 rings (SSSR count). The van der Waals surface area contributed by atoms with Gasteiger partial charge in [0.2, 0.25) is 0 Å². The summed E-state index contributed by atoms with van der Waals surface area (Å²) in [7, 11) is 1.56. The molecule has 1 amide bonds. The Kier molecular flexibility index (Phi) is 4.66. The van der Waals surface area contributed by atoms with Crippen LogP contribution in [0.5, 0.6) is 0 Å². The van der Waals surface area contributed by atoms with Crippen LogP contribution in [-0.4, -0.2) is 22.8 Å². The number of nitrogens with zero attached hydrogens (tertiary/aromatic N) is 3. The Labute approximate surface area is 130 Å². The molecule has 0 radical (unpaired) electrons. The Morgan fingerprint density at radius 1 is 1.43 bits per heavy atom. The van der Waals surface area contributed by atoms with E-state index in [1.165, 1.54) is 23.1 Å². The molecule has 0 aliphatic carbocycles. The molecule has 0 fully saturated rings. The van der Waals surface area contributed by atoms with Crippen molar-refractivity contribution in [3.63, 3.8) is 0 Å². The first-order valence-corrected chi connectivity index (χ1v) is 6.87. The second-order valence-corrected chi connectivity index (χ2v) is 5.24. The van der Waals surface area contributed by atoms with Gasteiger partial charge in [0.05, 0.1) is 11.6 Å². The molecule has 0 spiro atoms. The lowest BCUT2D eigenvalue weighted by Gasteiger charge is -2.17. The second-order valence-electron chi connectivity index (χ2n) is 4.42. The predicted molar refractivity (Wildman–Crippen MR) is 78.8 cm³/mol. The quantitative estimate of drug-likeness (QED) is 0.801. The zero-order valence-electron chi connectivity index (χ0n) is 11.2. The average Bonchev–Trinajstić information content (AvgIpc) is 2.48. The number of benzene rings is 1. The number of amides is 1. The van der Waals surface area contributed by atoms with Gasteiger partial charge in [0.15, 0.2) is 0 Å². The van der Waals surface area contributed by atoms with Crippen molar-refractivity contribution in [3.05, 3.63) is 63.6 Å². The molecule has 0 unspecified atom stereocenters. The number of pyridine rings is 1. The topological polar surface area (TPSA) is 57.0 Å². The minimum absolute atomic E-state index is 0.0639. The predicted octanol–water partition coefficient (Wildman–Crippen LogP) is 3.13. The Bertz CT molecular complexity index is 727. The largest absolute Gasteiger partial charge is 0.336 e. The summed E-state index contributed by atoms with van der Waals surface area (Å²) in [6, 6.07) is 11.0. The third kappa shape index (κ3) is 3.64. The van der Waals surface area contributed by atoms with Crippen LogP contribution < -0.4 is 0 Å². The summed E-state index contributed by atoms with van der Waals surface area (Å²) in [4.78, 5) is 17.6. The highest BCUT2D eigenvalue weighted by Crippen LogP contribution is 2.14. The zero-order chi connectivity index (χ0) is 15.4. The first kappa shape index (κ1) is 15.1. The fourth-order valence-corrected chi connectivity index (χ4v) is 2.16. The van der Waals surface area contributed by atoms with Crippen LogP contribution in [0.4, 0.5) is 4.39 Å². The maximum Gasteiger partial charge on any atom is 0.272 e. The van der Waals surface area contributed by atoms with Crippen LogP contribution >= 0.6 is 15.9 Å². The van der Waals surface area contributed by atoms with Crippen molar-refractivity contribution in [2.75, 3.05) is 7.05 Å². The van der Waals surface area contributed by atoms with Crippen molar-refractivity contribution in [2.45, 2.75) is 6.54 Å². The van der Waals surface area contributed by atoms with E-state index < -0.39 is 5.82 Å². The molecular weight excluding hydrogens is 337 g/mol. The van der Waals surface area contributed by atoms with Crippen molar-refractivity contribution in [2.24, 2.45) is 0 Å². The van der Waals surface area contributed by atoms with Crippen LogP contribution in [-0.2, 0) is 6.54 Å². The number of halogens is 2. The highest BCUT2D eigenvalue weighted by Gasteiger charge is 2.15. The molecule has 2 aromatic rings. The van der Waals surface area contributed by atoms with Crippen LogP contribution in [0.1, 0.15) is 21.6 Å². The van der Waals surface area contributed by atoms with E-state index >= 15 is 0 Å². The van der Waals surface area contributed by atoms with E-state index in [1.807, 2.05) is 6.07 Å². The fourth-order valence-electron chi connectivity index (χ4n) is 1.82. The van der Waals surface area contributed by atoms with Crippen LogP contribution in [0, 0.1) is 17.1 Å². The number of hydrogen-bond donors (Lipinski definition) is 0. The van der Waals surface area contributed by atoms with Gasteiger partial charge in [0.25, 0.3) is 5.91 Å².